The lowest BCUT2D eigenvalue weighted by atomic mass is 10.2. The van der Waals surface area contributed by atoms with E-state index in [1.165, 1.54) is 0 Å². The van der Waals surface area contributed by atoms with Gasteiger partial charge in [0, 0.05) is 13.0 Å². The molecule has 1 heterocycles. The molecule has 0 aliphatic heterocycles. The second-order valence-electron chi connectivity index (χ2n) is 8.13. The highest BCUT2D eigenvalue weighted by Gasteiger charge is 2.43. The SMILES string of the molecule is CC(C)(C)OC(=O)NCCCC(=O)N[C@@H]1C[C@H](n2cc(F)c(=O)[nH]c2=O)[C@H](O)[C@@H]1O. The van der Waals surface area contributed by atoms with Crippen LogP contribution in [-0.2, 0) is 9.53 Å². The Labute approximate surface area is 171 Å². The van der Waals surface area contributed by atoms with Gasteiger partial charge in [-0.15, -0.1) is 0 Å². The van der Waals surface area contributed by atoms with Gasteiger partial charge in [0.05, 0.1) is 18.3 Å². The maximum absolute atomic E-state index is 13.5. The lowest BCUT2D eigenvalue weighted by molar-refractivity contribution is -0.122. The molecule has 1 aromatic heterocycles. The summed E-state index contributed by atoms with van der Waals surface area (Å²) in [6.45, 7) is 5.38. The van der Waals surface area contributed by atoms with Crippen LogP contribution in [0, 0.1) is 5.82 Å². The Hall–Kier alpha value is -2.73. The summed E-state index contributed by atoms with van der Waals surface area (Å²) in [7, 11) is 0. The molecule has 11 nitrogen and oxygen atoms in total. The molecule has 0 spiro atoms. The van der Waals surface area contributed by atoms with Gasteiger partial charge < -0.3 is 25.6 Å². The second kappa shape index (κ2) is 9.39. The number of halogens is 1. The zero-order chi connectivity index (χ0) is 22.6. The Bertz CT molecular complexity index is 892. The van der Waals surface area contributed by atoms with Crippen LogP contribution in [0.5, 0.6) is 0 Å². The Kier molecular flexibility index (Phi) is 7.37. The van der Waals surface area contributed by atoms with Crippen molar-refractivity contribution in [2.24, 2.45) is 0 Å². The molecule has 2 amide bonds. The fraction of sp³-hybridized carbons (Fsp3) is 0.667. The third-order valence-corrected chi connectivity index (χ3v) is 4.53. The van der Waals surface area contributed by atoms with E-state index in [4.69, 9.17) is 4.74 Å². The largest absolute Gasteiger partial charge is 0.444 e. The fourth-order valence-corrected chi connectivity index (χ4v) is 3.17. The molecule has 1 aromatic rings. The molecule has 4 atom stereocenters. The van der Waals surface area contributed by atoms with Crippen LogP contribution in [0.1, 0.15) is 46.1 Å². The highest BCUT2D eigenvalue weighted by Crippen LogP contribution is 2.30. The van der Waals surface area contributed by atoms with Crippen LogP contribution in [0.15, 0.2) is 15.8 Å². The Morgan fingerprint density at radius 3 is 2.60 bits per heavy atom. The van der Waals surface area contributed by atoms with Gasteiger partial charge in [-0.05, 0) is 33.6 Å². The Morgan fingerprint density at radius 2 is 1.97 bits per heavy atom. The van der Waals surface area contributed by atoms with Crippen LogP contribution < -0.4 is 21.9 Å². The first-order valence-corrected chi connectivity index (χ1v) is 9.52. The van der Waals surface area contributed by atoms with Crippen molar-refractivity contribution in [2.45, 2.75) is 69.9 Å². The molecule has 168 valence electrons. The molecule has 1 aliphatic carbocycles. The van der Waals surface area contributed by atoms with Gasteiger partial charge in [-0.25, -0.2) is 9.59 Å². The van der Waals surface area contributed by atoms with Gasteiger partial charge in [0.15, 0.2) is 0 Å². The number of hydrogen-bond donors (Lipinski definition) is 5. The van der Waals surface area contributed by atoms with Crippen molar-refractivity contribution in [2.75, 3.05) is 6.54 Å². The monoisotopic (exact) mass is 430 g/mol. The van der Waals surface area contributed by atoms with Crippen molar-refractivity contribution in [3.05, 3.63) is 32.9 Å². The molecule has 12 heteroatoms. The molecule has 5 N–H and O–H groups in total. The van der Waals surface area contributed by atoms with Gasteiger partial charge in [0.2, 0.25) is 11.7 Å². The van der Waals surface area contributed by atoms with Crippen molar-refractivity contribution >= 4 is 12.0 Å². The minimum Gasteiger partial charge on any atom is -0.444 e. The van der Waals surface area contributed by atoms with Crippen LogP contribution >= 0.6 is 0 Å². The number of amides is 2. The van der Waals surface area contributed by atoms with Gasteiger partial charge in [-0.3, -0.25) is 19.1 Å². The zero-order valence-corrected chi connectivity index (χ0v) is 17.0. The van der Waals surface area contributed by atoms with Crippen molar-refractivity contribution in [1.82, 2.24) is 20.2 Å². The van der Waals surface area contributed by atoms with Crippen molar-refractivity contribution in [3.63, 3.8) is 0 Å². The highest BCUT2D eigenvalue weighted by atomic mass is 19.1. The van der Waals surface area contributed by atoms with Crippen molar-refractivity contribution < 1.29 is 28.9 Å². The summed E-state index contributed by atoms with van der Waals surface area (Å²) in [4.78, 5) is 48.5. The Morgan fingerprint density at radius 1 is 1.30 bits per heavy atom. The first-order valence-electron chi connectivity index (χ1n) is 9.52. The molecule has 0 unspecified atom stereocenters. The number of H-pyrrole nitrogens is 1. The number of aliphatic hydroxyl groups is 2. The van der Waals surface area contributed by atoms with E-state index in [2.05, 4.69) is 10.6 Å². The molecule has 1 aliphatic rings. The van der Waals surface area contributed by atoms with E-state index in [0.717, 1.165) is 4.57 Å². The number of aromatic amines is 1. The normalized spacial score (nSPS) is 23.8. The molecule has 1 fully saturated rings. The van der Waals surface area contributed by atoms with E-state index in [0.29, 0.717) is 12.6 Å². The van der Waals surface area contributed by atoms with E-state index < -0.39 is 59.0 Å². The van der Waals surface area contributed by atoms with Gasteiger partial charge >= 0.3 is 11.8 Å². The molecule has 0 aromatic carbocycles. The number of carbonyl (C=O) groups excluding carboxylic acids is 2. The van der Waals surface area contributed by atoms with E-state index >= 15 is 0 Å². The third kappa shape index (κ3) is 6.13. The predicted octanol–water partition coefficient (Wildman–Crippen LogP) is -0.868. The smallest absolute Gasteiger partial charge is 0.407 e. The van der Waals surface area contributed by atoms with Crippen molar-refractivity contribution in [3.8, 4) is 0 Å². The van der Waals surface area contributed by atoms with Gasteiger partial charge in [0.1, 0.15) is 17.8 Å². The highest BCUT2D eigenvalue weighted by molar-refractivity contribution is 5.76. The molecular formula is C18H27FN4O7. The number of hydrogen-bond acceptors (Lipinski definition) is 7. The van der Waals surface area contributed by atoms with Crippen LogP contribution in [0.4, 0.5) is 9.18 Å². The fourth-order valence-electron chi connectivity index (χ4n) is 3.17. The third-order valence-electron chi connectivity index (χ3n) is 4.53. The summed E-state index contributed by atoms with van der Waals surface area (Å²) < 4.78 is 19.4. The second-order valence-corrected chi connectivity index (χ2v) is 8.13. The average Bonchev–Trinajstić information content (AvgIpc) is 2.89. The molecule has 0 radical (unpaired) electrons. The first-order chi connectivity index (χ1) is 13.9. The number of nitrogens with zero attached hydrogens (tertiary/aromatic N) is 1. The van der Waals surface area contributed by atoms with Crippen LogP contribution in [-0.4, -0.2) is 62.2 Å². The van der Waals surface area contributed by atoms with Gasteiger partial charge in [-0.2, -0.15) is 4.39 Å². The number of ether oxygens (including phenoxy) is 1. The number of nitrogens with one attached hydrogen (secondary N) is 3. The minimum atomic E-state index is -1.45. The molecule has 0 bridgehead atoms. The van der Waals surface area contributed by atoms with Crippen LogP contribution in [0.25, 0.3) is 0 Å². The van der Waals surface area contributed by atoms with Crippen LogP contribution in [0.2, 0.25) is 0 Å². The lowest BCUT2D eigenvalue weighted by Gasteiger charge is -2.20. The summed E-state index contributed by atoms with van der Waals surface area (Å²) in [6, 6.07) is -1.91. The lowest BCUT2D eigenvalue weighted by Crippen LogP contribution is -2.43. The summed E-state index contributed by atoms with van der Waals surface area (Å²) in [5.74, 6) is -1.64. The van der Waals surface area contributed by atoms with E-state index in [9.17, 15) is 33.8 Å². The number of aliphatic hydroxyl groups excluding tert-OH is 2. The number of rotatable bonds is 6. The standard InChI is InChI=1S/C18H27FN4O7/c1-18(2,3)30-17(29)20-6-4-5-12(24)21-10-7-11(14(26)13(10)25)23-8-9(19)15(27)22-16(23)28/h8,10-11,13-14,25-26H,4-7H2,1-3H3,(H,20,29)(H,21,24)(H,22,27,28)/t10-,11+,13-,14+/m1/s1. The van der Waals surface area contributed by atoms with Crippen LogP contribution in [0.3, 0.4) is 0 Å². The summed E-state index contributed by atoms with van der Waals surface area (Å²) in [5, 5.41) is 25.5. The molecular weight excluding hydrogens is 403 g/mol. The van der Waals surface area contributed by atoms with E-state index in [1.807, 2.05) is 0 Å². The molecule has 30 heavy (non-hydrogen) atoms. The van der Waals surface area contributed by atoms with E-state index in [-0.39, 0.29) is 19.4 Å². The van der Waals surface area contributed by atoms with Gasteiger partial charge in [0.25, 0.3) is 5.56 Å². The first kappa shape index (κ1) is 23.5. The molecule has 0 saturated heterocycles. The topological polar surface area (TPSA) is 163 Å². The number of carbonyl (C=O) groups is 2. The quantitative estimate of drug-likeness (QED) is 0.366. The van der Waals surface area contributed by atoms with E-state index in [1.54, 1.807) is 25.8 Å². The Balaban J connectivity index is 1.87. The summed E-state index contributed by atoms with van der Waals surface area (Å²) >= 11 is 0. The minimum absolute atomic E-state index is 0.0347. The average molecular weight is 430 g/mol. The predicted molar refractivity (Wildman–Crippen MR) is 102 cm³/mol. The molecule has 2 rings (SSSR count). The zero-order valence-electron chi connectivity index (χ0n) is 17.0. The summed E-state index contributed by atoms with van der Waals surface area (Å²) in [5.41, 5.74) is -2.75. The van der Waals surface area contributed by atoms with Gasteiger partial charge in [-0.1, -0.05) is 0 Å². The maximum atomic E-state index is 13.5. The summed E-state index contributed by atoms with van der Waals surface area (Å²) in [6.07, 6.45) is -2.48. The number of aromatic nitrogens is 2. The maximum Gasteiger partial charge on any atom is 0.407 e. The molecule has 1 saturated carbocycles. The van der Waals surface area contributed by atoms with Crippen molar-refractivity contribution in [1.29, 1.82) is 0 Å². The number of alkyl carbamates (subject to hydrolysis) is 1.